The van der Waals surface area contributed by atoms with Crippen molar-refractivity contribution in [3.05, 3.63) is 86.9 Å². The first kappa shape index (κ1) is 23.5. The average molecular weight is 475 g/mol. The van der Waals surface area contributed by atoms with Gasteiger partial charge in [-0.25, -0.2) is 20.2 Å². The molecule has 16 heteroatoms. The van der Waals surface area contributed by atoms with Gasteiger partial charge in [0.15, 0.2) is 21.4 Å². The van der Waals surface area contributed by atoms with Crippen molar-refractivity contribution in [2.24, 2.45) is 0 Å². The maximum Gasteiger partial charge on any atom is 0.300 e. The summed E-state index contributed by atoms with van der Waals surface area (Å²) in [5.74, 6) is 0. The van der Waals surface area contributed by atoms with Gasteiger partial charge >= 0.3 is 0 Å². The lowest BCUT2D eigenvalue weighted by Crippen LogP contribution is -2.36. The van der Waals surface area contributed by atoms with Crippen LogP contribution in [0, 0.1) is 40.5 Å². The number of nitro groups is 4. The lowest BCUT2D eigenvalue weighted by molar-refractivity contribution is -0.500. The third-order valence-electron chi connectivity index (χ3n) is 3.96. The van der Waals surface area contributed by atoms with Crippen molar-refractivity contribution in [3.63, 3.8) is 0 Å². The van der Waals surface area contributed by atoms with E-state index in [1.165, 1.54) is 12.1 Å². The molecule has 0 saturated heterocycles. The number of halogens is 2. The standard InChI is InChI=1S/C15H12Cl2N6O8/c16-10-2-4-12(14(8-10)20(24)25)18(22(28)29)6-1-7-19(23(30)31)13-5-3-11(17)9-15(13)21(26)27/h2-5,8-9H,1,6-7H2. The Morgan fingerprint density at radius 2 is 1.03 bits per heavy atom. The zero-order valence-electron chi connectivity index (χ0n) is 15.3. The number of benzene rings is 2. The molecule has 14 nitrogen and oxygen atoms in total. The zero-order valence-corrected chi connectivity index (χ0v) is 16.8. The smallest absolute Gasteiger partial charge is 0.258 e. The van der Waals surface area contributed by atoms with Crippen LogP contribution in [0.1, 0.15) is 6.42 Å². The van der Waals surface area contributed by atoms with Crippen molar-refractivity contribution in [3.8, 4) is 0 Å². The lowest BCUT2D eigenvalue weighted by atomic mass is 10.2. The Morgan fingerprint density at radius 1 is 0.677 bits per heavy atom. The summed E-state index contributed by atoms with van der Waals surface area (Å²) in [4.78, 5) is 43.6. The summed E-state index contributed by atoms with van der Waals surface area (Å²) in [5.41, 5.74) is -1.98. The highest BCUT2D eigenvalue weighted by Crippen LogP contribution is 2.33. The molecular weight excluding hydrogens is 463 g/mol. The van der Waals surface area contributed by atoms with Crippen LogP contribution in [0.2, 0.25) is 10.0 Å². The number of nitro benzene ring substituents is 2. The largest absolute Gasteiger partial charge is 0.300 e. The number of anilines is 2. The summed E-state index contributed by atoms with van der Waals surface area (Å²) >= 11 is 11.4. The molecule has 31 heavy (non-hydrogen) atoms. The fourth-order valence-electron chi connectivity index (χ4n) is 2.67. The SMILES string of the molecule is O=[N+]([O-])c1cc(Cl)ccc1N(CCCN(c1ccc(Cl)cc1[N+](=O)[O-])[N+](=O)[O-])[N+](=O)[O-]. The molecule has 2 aromatic rings. The minimum absolute atomic E-state index is 0.00618. The first-order valence-corrected chi connectivity index (χ1v) is 9.00. The van der Waals surface area contributed by atoms with Gasteiger partial charge in [-0.2, -0.15) is 0 Å². The van der Waals surface area contributed by atoms with E-state index in [2.05, 4.69) is 0 Å². The van der Waals surface area contributed by atoms with Crippen LogP contribution in [0.4, 0.5) is 22.7 Å². The fraction of sp³-hybridized carbons (Fsp3) is 0.200. The van der Waals surface area contributed by atoms with Gasteiger partial charge in [-0.1, -0.05) is 33.2 Å². The molecule has 0 radical (unpaired) electrons. The van der Waals surface area contributed by atoms with Gasteiger partial charge in [0.2, 0.25) is 0 Å². The average Bonchev–Trinajstić information content (AvgIpc) is 2.68. The Labute approximate surface area is 182 Å². The third kappa shape index (κ3) is 5.64. The molecule has 0 aliphatic heterocycles. The predicted molar refractivity (Wildman–Crippen MR) is 110 cm³/mol. The Bertz CT molecular complexity index is 971. The van der Waals surface area contributed by atoms with E-state index in [9.17, 15) is 40.5 Å². The van der Waals surface area contributed by atoms with Crippen molar-refractivity contribution in [2.45, 2.75) is 6.42 Å². The molecule has 0 saturated carbocycles. The van der Waals surface area contributed by atoms with Gasteiger partial charge in [0.1, 0.15) is 0 Å². The minimum atomic E-state index is -0.905. The highest BCUT2D eigenvalue weighted by atomic mass is 35.5. The number of hydrazine groups is 2. The molecule has 0 fully saturated rings. The molecule has 2 aromatic carbocycles. The van der Waals surface area contributed by atoms with E-state index < -0.39 is 44.4 Å². The van der Waals surface area contributed by atoms with E-state index in [-0.39, 0.29) is 27.8 Å². The maximum atomic E-state index is 11.4. The Hall–Kier alpha value is -3.78. The second kappa shape index (κ2) is 9.82. The van der Waals surface area contributed by atoms with E-state index in [0.717, 1.165) is 24.3 Å². The summed E-state index contributed by atoms with van der Waals surface area (Å²) in [6, 6.07) is 6.49. The van der Waals surface area contributed by atoms with Gasteiger partial charge in [-0.05, 0) is 30.7 Å². The lowest BCUT2D eigenvalue weighted by Gasteiger charge is -2.17. The maximum absolute atomic E-state index is 11.4. The van der Waals surface area contributed by atoms with Gasteiger partial charge in [-0.3, -0.25) is 20.2 Å². The first-order chi connectivity index (χ1) is 14.5. The number of hydrogen-bond acceptors (Lipinski definition) is 8. The number of hydrogen-bond donors (Lipinski definition) is 0. The van der Waals surface area contributed by atoms with Gasteiger partial charge in [0.25, 0.3) is 11.4 Å². The van der Waals surface area contributed by atoms with Crippen LogP contribution in [0.15, 0.2) is 36.4 Å². The molecule has 0 spiro atoms. The van der Waals surface area contributed by atoms with E-state index in [4.69, 9.17) is 23.2 Å². The summed E-state index contributed by atoms with van der Waals surface area (Å²) in [7, 11) is 0. The molecule has 0 aliphatic carbocycles. The number of rotatable bonds is 10. The Balaban J connectivity index is 2.28. The van der Waals surface area contributed by atoms with E-state index in [0.29, 0.717) is 10.0 Å². The first-order valence-electron chi connectivity index (χ1n) is 8.24. The third-order valence-corrected chi connectivity index (χ3v) is 4.43. The molecule has 0 aliphatic rings. The highest BCUT2D eigenvalue weighted by molar-refractivity contribution is 6.31. The van der Waals surface area contributed by atoms with Gasteiger partial charge < -0.3 is 0 Å². The second-order valence-electron chi connectivity index (χ2n) is 5.86. The van der Waals surface area contributed by atoms with Crippen molar-refractivity contribution < 1.29 is 19.9 Å². The Morgan fingerprint density at radius 3 is 1.32 bits per heavy atom. The van der Waals surface area contributed by atoms with Crippen LogP contribution in [0.5, 0.6) is 0 Å². The topological polar surface area (TPSA) is 179 Å². The van der Waals surface area contributed by atoms with Gasteiger partial charge in [-0.15, -0.1) is 0 Å². The van der Waals surface area contributed by atoms with E-state index in [1.807, 2.05) is 0 Å². The molecule has 0 heterocycles. The monoisotopic (exact) mass is 474 g/mol. The quantitative estimate of drug-likeness (QED) is 0.361. The second-order valence-corrected chi connectivity index (χ2v) is 6.73. The molecule has 0 N–H and O–H groups in total. The van der Waals surface area contributed by atoms with Crippen LogP contribution in [-0.4, -0.2) is 33.0 Å². The summed E-state index contributed by atoms with van der Waals surface area (Å²) < 4.78 is 0. The van der Waals surface area contributed by atoms with Crippen LogP contribution in [-0.2, 0) is 0 Å². The van der Waals surface area contributed by atoms with Crippen LogP contribution >= 0.6 is 23.2 Å². The fourth-order valence-corrected chi connectivity index (χ4v) is 3.01. The minimum Gasteiger partial charge on any atom is -0.258 e. The van der Waals surface area contributed by atoms with Gasteiger partial charge in [0.05, 0.1) is 22.9 Å². The van der Waals surface area contributed by atoms with Crippen molar-refractivity contribution in [1.29, 1.82) is 0 Å². The summed E-state index contributed by atoms with van der Waals surface area (Å²) in [6.07, 6.45) is -0.248. The molecule has 0 aromatic heterocycles. The molecule has 2 rings (SSSR count). The molecule has 0 unspecified atom stereocenters. The molecular formula is C15H12Cl2N6O8. The van der Waals surface area contributed by atoms with Crippen molar-refractivity contribution in [1.82, 2.24) is 0 Å². The highest BCUT2D eigenvalue weighted by Gasteiger charge is 2.30. The number of nitrogens with zero attached hydrogens (tertiary/aromatic N) is 6. The predicted octanol–water partition coefficient (Wildman–Crippen LogP) is 3.90. The van der Waals surface area contributed by atoms with E-state index >= 15 is 0 Å². The molecule has 0 bridgehead atoms. The Kier molecular flexibility index (Phi) is 7.44. The van der Waals surface area contributed by atoms with Crippen molar-refractivity contribution in [2.75, 3.05) is 23.1 Å². The van der Waals surface area contributed by atoms with Crippen LogP contribution in [0.3, 0.4) is 0 Å². The molecule has 164 valence electrons. The zero-order chi connectivity index (χ0) is 23.3. The summed E-state index contributed by atoms with van der Waals surface area (Å²) in [5, 5.41) is 44.4. The summed E-state index contributed by atoms with van der Waals surface area (Å²) in [6.45, 7) is -0.942. The molecule has 0 amide bonds. The van der Waals surface area contributed by atoms with E-state index in [1.54, 1.807) is 0 Å². The van der Waals surface area contributed by atoms with Gasteiger partial charge in [0, 0.05) is 22.2 Å². The van der Waals surface area contributed by atoms with Crippen LogP contribution < -0.4 is 10.0 Å². The van der Waals surface area contributed by atoms with Crippen molar-refractivity contribution >= 4 is 46.0 Å². The van der Waals surface area contributed by atoms with Crippen LogP contribution in [0.25, 0.3) is 0 Å². The normalized spacial score (nSPS) is 10.4. The molecule has 0 atom stereocenters.